The first kappa shape index (κ1) is 15.4. The third-order valence-electron chi connectivity index (χ3n) is 4.14. The first-order chi connectivity index (χ1) is 12.3. The third kappa shape index (κ3) is 3.39. The van der Waals surface area contributed by atoms with Crippen LogP contribution in [-0.4, -0.2) is 17.0 Å². The molecule has 4 rings (SSSR count). The van der Waals surface area contributed by atoms with Gasteiger partial charge in [-0.2, -0.15) is 0 Å². The van der Waals surface area contributed by atoms with Crippen LogP contribution in [0.4, 0.5) is 11.4 Å². The lowest BCUT2D eigenvalue weighted by atomic mass is 10.1. The van der Waals surface area contributed by atoms with E-state index in [1.54, 1.807) is 0 Å². The molecule has 0 amide bonds. The van der Waals surface area contributed by atoms with Crippen molar-refractivity contribution in [1.29, 1.82) is 0 Å². The van der Waals surface area contributed by atoms with Gasteiger partial charge in [-0.15, -0.1) is 0 Å². The van der Waals surface area contributed by atoms with Gasteiger partial charge in [0.1, 0.15) is 5.82 Å². The van der Waals surface area contributed by atoms with E-state index < -0.39 is 0 Å². The number of fused-ring (bicyclic) bond motifs is 1. The lowest BCUT2D eigenvalue weighted by Crippen LogP contribution is -2.05. The fourth-order valence-corrected chi connectivity index (χ4v) is 2.93. The van der Waals surface area contributed by atoms with Crippen LogP contribution in [0.15, 0.2) is 72.8 Å². The van der Waals surface area contributed by atoms with Crippen molar-refractivity contribution in [3.63, 3.8) is 0 Å². The average Bonchev–Trinajstić information content (AvgIpc) is 3.07. The van der Waals surface area contributed by atoms with Crippen molar-refractivity contribution >= 4 is 22.4 Å². The molecule has 0 atom stereocenters. The Morgan fingerprint density at radius 1 is 0.880 bits per heavy atom. The third-order valence-corrected chi connectivity index (χ3v) is 4.14. The summed E-state index contributed by atoms with van der Waals surface area (Å²) in [6.45, 7) is 0.862. The zero-order chi connectivity index (χ0) is 17.1. The number of hydrogen-bond acceptors (Lipinski definition) is 3. The fraction of sp³-hybridized carbons (Fsp3) is 0.0952. The Balaban J connectivity index is 1.54. The van der Waals surface area contributed by atoms with Gasteiger partial charge < -0.3 is 15.6 Å². The van der Waals surface area contributed by atoms with Crippen molar-refractivity contribution in [3.05, 3.63) is 78.4 Å². The summed E-state index contributed by atoms with van der Waals surface area (Å²) in [6, 6.07) is 24.8. The Kier molecular flexibility index (Phi) is 4.19. The molecular weight excluding hydrogens is 308 g/mol. The summed E-state index contributed by atoms with van der Waals surface area (Å²) in [7, 11) is 1.96. The van der Waals surface area contributed by atoms with Crippen LogP contribution in [0.3, 0.4) is 0 Å². The number of nitrogens with zero attached hydrogens (tertiary/aromatic N) is 1. The van der Waals surface area contributed by atoms with E-state index >= 15 is 0 Å². The van der Waals surface area contributed by atoms with E-state index in [1.165, 1.54) is 5.56 Å². The summed E-state index contributed by atoms with van der Waals surface area (Å²) >= 11 is 0. The Hall–Kier alpha value is -3.11. The van der Waals surface area contributed by atoms with Gasteiger partial charge in [-0.25, -0.2) is 4.98 Å². The monoisotopic (exact) mass is 328 g/mol. The largest absolute Gasteiger partial charge is 0.356 e. The average molecular weight is 328 g/mol. The summed E-state index contributed by atoms with van der Waals surface area (Å²) in [5.41, 5.74) is 6.52. The van der Waals surface area contributed by atoms with E-state index in [1.807, 2.05) is 31.3 Å². The van der Waals surface area contributed by atoms with Crippen LogP contribution in [0.5, 0.6) is 0 Å². The van der Waals surface area contributed by atoms with Crippen molar-refractivity contribution in [2.45, 2.75) is 6.54 Å². The molecule has 0 bridgehead atoms. The molecule has 124 valence electrons. The zero-order valence-electron chi connectivity index (χ0n) is 14.1. The molecule has 25 heavy (non-hydrogen) atoms. The van der Waals surface area contributed by atoms with Crippen LogP contribution in [0.25, 0.3) is 22.4 Å². The number of aromatic nitrogens is 2. The predicted octanol–water partition coefficient (Wildman–Crippen LogP) is 4.69. The van der Waals surface area contributed by atoms with Crippen LogP contribution in [0.2, 0.25) is 0 Å². The van der Waals surface area contributed by atoms with Crippen molar-refractivity contribution in [2.24, 2.45) is 0 Å². The highest BCUT2D eigenvalue weighted by molar-refractivity contribution is 5.79. The first-order valence-corrected chi connectivity index (χ1v) is 8.37. The minimum Gasteiger partial charge on any atom is -0.356 e. The second kappa shape index (κ2) is 6.79. The Morgan fingerprint density at radius 3 is 2.52 bits per heavy atom. The maximum absolute atomic E-state index is 4.65. The molecule has 3 aromatic carbocycles. The summed E-state index contributed by atoms with van der Waals surface area (Å²) in [5.74, 6) is 0.892. The quantitative estimate of drug-likeness (QED) is 0.498. The highest BCUT2D eigenvalue weighted by Crippen LogP contribution is 2.24. The molecule has 1 aromatic heterocycles. The molecular formula is C21H20N4. The van der Waals surface area contributed by atoms with Gasteiger partial charge in [0, 0.05) is 23.5 Å². The Bertz CT molecular complexity index is 953. The normalized spacial score (nSPS) is 10.9. The summed E-state index contributed by atoms with van der Waals surface area (Å²) in [6.07, 6.45) is 0. The molecule has 0 spiro atoms. The van der Waals surface area contributed by atoms with Gasteiger partial charge in [-0.1, -0.05) is 24.3 Å². The second-order valence-electron chi connectivity index (χ2n) is 6.04. The molecule has 0 saturated heterocycles. The number of H-pyrrole nitrogens is 1. The van der Waals surface area contributed by atoms with Crippen molar-refractivity contribution in [3.8, 4) is 11.4 Å². The maximum Gasteiger partial charge on any atom is 0.138 e. The van der Waals surface area contributed by atoms with E-state index in [0.29, 0.717) is 0 Å². The number of rotatable bonds is 5. The number of hydrogen-bond donors (Lipinski definition) is 3. The molecule has 0 saturated carbocycles. The van der Waals surface area contributed by atoms with E-state index in [-0.39, 0.29) is 0 Å². The molecule has 0 radical (unpaired) electrons. The summed E-state index contributed by atoms with van der Waals surface area (Å²) in [4.78, 5) is 8.01. The van der Waals surface area contributed by atoms with Gasteiger partial charge >= 0.3 is 0 Å². The molecule has 4 heteroatoms. The molecule has 0 aliphatic rings. The zero-order valence-corrected chi connectivity index (χ0v) is 14.1. The number of imidazole rings is 1. The number of para-hydroxylation sites is 2. The molecule has 0 aliphatic heterocycles. The maximum atomic E-state index is 4.65. The molecule has 0 unspecified atom stereocenters. The molecule has 4 aromatic rings. The SMILES string of the molecule is CNCc1cccc(Nc2ccc(-c3nc4ccccc4[nH]3)cc2)c1. The number of benzene rings is 3. The second-order valence-corrected chi connectivity index (χ2v) is 6.04. The lowest BCUT2D eigenvalue weighted by molar-refractivity contribution is 0.818. The molecule has 4 nitrogen and oxygen atoms in total. The number of aromatic amines is 1. The molecule has 1 heterocycles. The van der Waals surface area contributed by atoms with E-state index in [0.717, 1.165) is 40.3 Å². The van der Waals surface area contributed by atoms with Crippen LogP contribution in [0, 0.1) is 0 Å². The van der Waals surface area contributed by atoms with Crippen LogP contribution in [0.1, 0.15) is 5.56 Å². The predicted molar refractivity (Wildman–Crippen MR) is 104 cm³/mol. The van der Waals surface area contributed by atoms with Gasteiger partial charge in [-0.05, 0) is 61.1 Å². The standard InChI is InChI=1S/C21H20N4/c1-22-14-15-5-4-6-18(13-15)23-17-11-9-16(10-12-17)21-24-19-7-2-3-8-20(19)25-21/h2-13,22-23H,14H2,1H3,(H,24,25). The highest BCUT2D eigenvalue weighted by Gasteiger charge is 2.05. The first-order valence-electron chi connectivity index (χ1n) is 8.37. The smallest absolute Gasteiger partial charge is 0.138 e. The molecule has 3 N–H and O–H groups in total. The van der Waals surface area contributed by atoms with E-state index in [9.17, 15) is 0 Å². The summed E-state index contributed by atoms with van der Waals surface area (Å²) in [5, 5.41) is 6.62. The van der Waals surface area contributed by atoms with Gasteiger partial charge in [0.15, 0.2) is 0 Å². The minimum absolute atomic E-state index is 0.862. The van der Waals surface area contributed by atoms with Gasteiger partial charge in [0.25, 0.3) is 0 Å². The van der Waals surface area contributed by atoms with Gasteiger partial charge in [0.05, 0.1) is 11.0 Å². The Morgan fingerprint density at radius 2 is 1.72 bits per heavy atom. The molecule has 0 fully saturated rings. The van der Waals surface area contributed by atoms with Crippen molar-refractivity contribution < 1.29 is 0 Å². The van der Waals surface area contributed by atoms with Crippen LogP contribution in [-0.2, 0) is 6.54 Å². The van der Waals surface area contributed by atoms with Crippen molar-refractivity contribution in [2.75, 3.05) is 12.4 Å². The summed E-state index contributed by atoms with van der Waals surface area (Å²) < 4.78 is 0. The number of nitrogens with one attached hydrogen (secondary N) is 3. The van der Waals surface area contributed by atoms with E-state index in [2.05, 4.69) is 69.1 Å². The van der Waals surface area contributed by atoms with Gasteiger partial charge in [0.2, 0.25) is 0 Å². The van der Waals surface area contributed by atoms with Crippen LogP contribution < -0.4 is 10.6 Å². The lowest BCUT2D eigenvalue weighted by Gasteiger charge is -2.09. The van der Waals surface area contributed by atoms with E-state index in [4.69, 9.17) is 0 Å². The molecule has 0 aliphatic carbocycles. The Labute approximate surface area is 146 Å². The topological polar surface area (TPSA) is 52.7 Å². The van der Waals surface area contributed by atoms with Crippen LogP contribution >= 0.6 is 0 Å². The minimum atomic E-state index is 0.862. The van der Waals surface area contributed by atoms with Crippen molar-refractivity contribution in [1.82, 2.24) is 15.3 Å². The van der Waals surface area contributed by atoms with Gasteiger partial charge in [-0.3, -0.25) is 0 Å². The highest BCUT2D eigenvalue weighted by atomic mass is 14.9. The number of anilines is 2. The fourth-order valence-electron chi connectivity index (χ4n) is 2.93.